The Morgan fingerprint density at radius 1 is 0.163 bits per heavy atom. The molecule has 0 fully saturated rings. The van der Waals surface area contributed by atoms with Gasteiger partial charge in [-0.1, -0.05) is 320 Å². The number of benzene rings is 10. The summed E-state index contributed by atoms with van der Waals surface area (Å²) in [6, 6.07) is 67.5. The molecule has 0 nitrogen and oxygen atoms in total. The Morgan fingerprint density at radius 3 is 0.787 bits per heavy atom. The standard InChI is InChI=1S/5C16H20/c1-11(2)13-5-7-16-10-14(12(3)4)6-8-15(16)9-13;1-11(2)14-7-5-13-6-8-15(12(3)4)10-16(13)9-14;1-11(2)13-7-5-10-16-14(12(3)4)8-6-9-15(13)16;1-11(2)13-8-9-16-14(10-13)6-5-7-15(16)12(3)4;1-11(2)14-9-8-13-6-5-7-15(12(3)4)16(13)10-14/h5*5-12H,1-4H3. The lowest BCUT2D eigenvalue weighted by atomic mass is 9.90. The van der Waals surface area contributed by atoms with Crippen LogP contribution < -0.4 is 0 Å². The molecule has 0 aromatic heterocycles. The van der Waals surface area contributed by atoms with Gasteiger partial charge in [-0.2, -0.15) is 0 Å². The fraction of sp³-hybridized carbons (Fsp3) is 0.375. The van der Waals surface area contributed by atoms with Crippen LogP contribution in [0.5, 0.6) is 0 Å². The first-order valence-electron chi connectivity index (χ1n) is 30.6. The van der Waals surface area contributed by atoms with Crippen molar-refractivity contribution < 1.29 is 0 Å². The molecule has 10 aromatic rings. The predicted molar refractivity (Wildman–Crippen MR) is 361 cm³/mol. The molecular formula is C80H100. The van der Waals surface area contributed by atoms with E-state index in [4.69, 9.17) is 0 Å². The van der Waals surface area contributed by atoms with Crippen LogP contribution in [-0.2, 0) is 0 Å². The van der Waals surface area contributed by atoms with Gasteiger partial charge in [0.25, 0.3) is 0 Å². The van der Waals surface area contributed by atoms with Crippen molar-refractivity contribution in [2.75, 3.05) is 0 Å². The summed E-state index contributed by atoms with van der Waals surface area (Å²) in [4.78, 5) is 0. The third-order valence-corrected chi connectivity index (χ3v) is 16.1. The minimum Gasteiger partial charge on any atom is -0.0613 e. The van der Waals surface area contributed by atoms with Crippen molar-refractivity contribution in [1.29, 1.82) is 0 Å². The van der Waals surface area contributed by atoms with E-state index in [9.17, 15) is 0 Å². The molecule has 0 heterocycles. The summed E-state index contributed by atoms with van der Waals surface area (Å²) >= 11 is 0. The highest BCUT2D eigenvalue weighted by molar-refractivity contribution is 5.90. The smallest absolute Gasteiger partial charge is 0.0146 e. The first-order chi connectivity index (χ1) is 37.9. The highest BCUT2D eigenvalue weighted by Gasteiger charge is 2.12. The van der Waals surface area contributed by atoms with E-state index in [2.05, 4.69) is 320 Å². The maximum atomic E-state index is 2.36. The molecule has 0 bridgehead atoms. The average Bonchev–Trinajstić information content (AvgIpc) is 3.43. The SMILES string of the molecule is CC(C)c1ccc2c(C(C)C)cccc2c1.CC(C)c1ccc2cc(C(C)C)ccc2c1.CC(C)c1ccc2ccc(C(C)C)cc2c1.CC(C)c1ccc2cccc(C(C)C)c2c1.CC(C)c1cccc2c(C(C)C)cccc12. The lowest BCUT2D eigenvalue weighted by molar-refractivity contribution is 0.862. The molecule has 0 amide bonds. The van der Waals surface area contributed by atoms with Gasteiger partial charge in [0, 0.05) is 0 Å². The molecule has 0 heteroatoms. The fourth-order valence-corrected chi connectivity index (χ4v) is 10.7. The molecular weight excluding hydrogens is 961 g/mol. The van der Waals surface area contributed by atoms with Crippen LogP contribution in [0.4, 0.5) is 0 Å². The second-order valence-electron chi connectivity index (χ2n) is 25.7. The monoisotopic (exact) mass is 1060 g/mol. The van der Waals surface area contributed by atoms with Gasteiger partial charge in [0.1, 0.15) is 0 Å². The zero-order chi connectivity index (χ0) is 58.5. The molecule has 0 unspecified atom stereocenters. The largest absolute Gasteiger partial charge is 0.0613 e. The fourth-order valence-electron chi connectivity index (χ4n) is 10.7. The Bertz CT molecular complexity index is 3380. The van der Waals surface area contributed by atoms with E-state index in [1.807, 2.05) is 0 Å². The quantitative estimate of drug-likeness (QED) is 0.128. The maximum Gasteiger partial charge on any atom is -0.0146 e. The summed E-state index contributed by atoms with van der Waals surface area (Å²) in [6.07, 6.45) is 0. The third kappa shape index (κ3) is 16.3. The van der Waals surface area contributed by atoms with Crippen LogP contribution >= 0.6 is 0 Å². The Labute approximate surface area is 486 Å². The Kier molecular flexibility index (Phi) is 22.5. The molecule has 0 radical (unpaired) electrons. The van der Waals surface area contributed by atoms with Crippen LogP contribution in [0.25, 0.3) is 53.9 Å². The van der Waals surface area contributed by atoms with Crippen molar-refractivity contribution in [1.82, 2.24) is 0 Å². The molecule has 0 aliphatic heterocycles. The van der Waals surface area contributed by atoms with Crippen molar-refractivity contribution in [2.24, 2.45) is 0 Å². The maximum absolute atomic E-state index is 2.36. The van der Waals surface area contributed by atoms with Crippen LogP contribution in [-0.4, -0.2) is 0 Å². The summed E-state index contributed by atoms with van der Waals surface area (Å²) in [5.74, 6) is 5.98. The summed E-state index contributed by atoms with van der Waals surface area (Å²) < 4.78 is 0. The third-order valence-electron chi connectivity index (χ3n) is 16.1. The molecule has 10 aromatic carbocycles. The molecule has 0 saturated heterocycles. The average molecular weight is 1060 g/mol. The van der Waals surface area contributed by atoms with E-state index in [0.717, 1.165) is 0 Å². The number of hydrogen-bond donors (Lipinski definition) is 0. The summed E-state index contributed by atoms with van der Waals surface area (Å²) in [6.45, 7) is 45.0. The van der Waals surface area contributed by atoms with Crippen LogP contribution in [0, 0.1) is 0 Å². The van der Waals surface area contributed by atoms with Gasteiger partial charge < -0.3 is 0 Å². The van der Waals surface area contributed by atoms with Gasteiger partial charge in [0.15, 0.2) is 0 Å². The van der Waals surface area contributed by atoms with E-state index in [1.54, 1.807) is 0 Å². The zero-order valence-electron chi connectivity index (χ0n) is 53.1. The molecule has 0 aliphatic rings. The van der Waals surface area contributed by atoms with E-state index in [0.29, 0.717) is 59.2 Å². The lowest BCUT2D eigenvalue weighted by Crippen LogP contribution is -1.93. The number of fused-ring (bicyclic) bond motifs is 5. The molecule has 80 heavy (non-hydrogen) atoms. The summed E-state index contributed by atoms with van der Waals surface area (Å²) in [7, 11) is 0. The Balaban J connectivity index is 0.000000161. The topological polar surface area (TPSA) is 0 Å². The van der Waals surface area contributed by atoms with Gasteiger partial charge in [-0.25, -0.2) is 0 Å². The van der Waals surface area contributed by atoms with E-state index in [1.165, 1.54) is 109 Å². The zero-order valence-corrected chi connectivity index (χ0v) is 53.1. The van der Waals surface area contributed by atoms with Gasteiger partial charge in [0.05, 0.1) is 0 Å². The Morgan fingerprint density at radius 2 is 0.425 bits per heavy atom. The van der Waals surface area contributed by atoms with Crippen LogP contribution in [0.3, 0.4) is 0 Å². The second-order valence-corrected chi connectivity index (χ2v) is 25.7. The van der Waals surface area contributed by atoms with Gasteiger partial charge in [-0.3, -0.25) is 0 Å². The summed E-state index contributed by atoms with van der Waals surface area (Å²) in [5.41, 5.74) is 14.4. The highest BCUT2D eigenvalue weighted by Crippen LogP contribution is 2.33. The summed E-state index contributed by atoms with van der Waals surface area (Å²) in [5, 5.41) is 13.8. The number of rotatable bonds is 10. The second kappa shape index (κ2) is 28.8. The van der Waals surface area contributed by atoms with Crippen LogP contribution in [0.15, 0.2) is 182 Å². The molecule has 0 N–H and O–H groups in total. The molecule has 0 aliphatic carbocycles. The van der Waals surface area contributed by atoms with Crippen molar-refractivity contribution in [3.8, 4) is 0 Å². The van der Waals surface area contributed by atoms with E-state index < -0.39 is 0 Å². The first-order valence-corrected chi connectivity index (χ1v) is 30.6. The van der Waals surface area contributed by atoms with Gasteiger partial charge in [-0.15, -0.1) is 0 Å². The highest BCUT2D eigenvalue weighted by atomic mass is 14.2. The van der Waals surface area contributed by atoms with Crippen molar-refractivity contribution in [2.45, 2.75) is 198 Å². The predicted octanol–water partition coefficient (Wildman–Crippen LogP) is 25.4. The normalized spacial score (nSPS) is 11.6. The van der Waals surface area contributed by atoms with Gasteiger partial charge in [-0.05, 0) is 169 Å². The molecule has 0 atom stereocenters. The molecule has 10 rings (SSSR count). The lowest BCUT2D eigenvalue weighted by Gasteiger charge is -2.14. The molecule has 420 valence electrons. The minimum absolute atomic E-state index is 0.589. The van der Waals surface area contributed by atoms with Crippen molar-refractivity contribution >= 4 is 53.9 Å². The first kappa shape index (κ1) is 62.7. The van der Waals surface area contributed by atoms with E-state index in [-0.39, 0.29) is 0 Å². The van der Waals surface area contributed by atoms with Gasteiger partial charge >= 0.3 is 0 Å². The molecule has 0 saturated carbocycles. The number of hydrogen-bond acceptors (Lipinski definition) is 0. The van der Waals surface area contributed by atoms with Crippen molar-refractivity contribution in [3.63, 3.8) is 0 Å². The minimum atomic E-state index is 0.589. The van der Waals surface area contributed by atoms with Gasteiger partial charge in [0.2, 0.25) is 0 Å². The Hall–Kier alpha value is -6.50. The van der Waals surface area contributed by atoms with Crippen LogP contribution in [0.1, 0.15) is 253 Å². The van der Waals surface area contributed by atoms with Crippen LogP contribution in [0.2, 0.25) is 0 Å². The van der Waals surface area contributed by atoms with Crippen molar-refractivity contribution in [3.05, 3.63) is 238 Å². The molecule has 0 spiro atoms. The van der Waals surface area contributed by atoms with E-state index >= 15 is 0 Å².